The summed E-state index contributed by atoms with van der Waals surface area (Å²) in [5.74, 6) is 2.61. The number of hydrogen-bond acceptors (Lipinski definition) is 5. The molecule has 0 radical (unpaired) electrons. The SMILES string of the molecule is CCNC(=NCc1cc(OC)c(OC)c(OC)c1)NCCCn1ccnc1. The van der Waals surface area contributed by atoms with E-state index in [-0.39, 0.29) is 0 Å². The van der Waals surface area contributed by atoms with Gasteiger partial charge in [-0.3, -0.25) is 0 Å². The van der Waals surface area contributed by atoms with Gasteiger partial charge < -0.3 is 29.4 Å². The number of hydrogen-bond donors (Lipinski definition) is 2. The molecule has 0 spiro atoms. The Morgan fingerprint density at radius 3 is 2.41 bits per heavy atom. The van der Waals surface area contributed by atoms with Crippen molar-refractivity contribution < 1.29 is 14.2 Å². The largest absolute Gasteiger partial charge is 0.493 e. The number of rotatable bonds is 10. The minimum atomic E-state index is 0.494. The molecule has 2 N–H and O–H groups in total. The summed E-state index contributed by atoms with van der Waals surface area (Å²) in [5, 5.41) is 6.61. The molecule has 1 aromatic carbocycles. The molecule has 0 aliphatic heterocycles. The van der Waals surface area contributed by atoms with Gasteiger partial charge in [-0.1, -0.05) is 0 Å². The zero-order valence-electron chi connectivity index (χ0n) is 16.5. The Balaban J connectivity index is 1.98. The lowest BCUT2D eigenvalue weighted by Gasteiger charge is -2.14. The van der Waals surface area contributed by atoms with Gasteiger partial charge in [-0.15, -0.1) is 0 Å². The lowest BCUT2D eigenvalue weighted by atomic mass is 10.2. The highest BCUT2D eigenvalue weighted by Crippen LogP contribution is 2.38. The van der Waals surface area contributed by atoms with Crippen LogP contribution >= 0.6 is 0 Å². The molecule has 1 heterocycles. The molecule has 8 heteroatoms. The van der Waals surface area contributed by atoms with Gasteiger partial charge in [0, 0.05) is 32.0 Å². The fourth-order valence-corrected chi connectivity index (χ4v) is 2.63. The molecule has 0 atom stereocenters. The standard InChI is InChI=1S/C19H29N5O3/c1-5-21-19(22-7-6-9-24-10-8-20-14-24)23-13-15-11-16(25-2)18(27-4)17(12-15)26-3/h8,10-12,14H,5-7,9,13H2,1-4H3,(H2,21,22,23). The zero-order chi connectivity index (χ0) is 19.5. The first-order valence-corrected chi connectivity index (χ1v) is 8.98. The van der Waals surface area contributed by atoms with E-state index in [2.05, 4.69) is 25.2 Å². The van der Waals surface area contributed by atoms with Crippen molar-refractivity contribution in [1.82, 2.24) is 20.2 Å². The Morgan fingerprint density at radius 1 is 1.11 bits per heavy atom. The maximum Gasteiger partial charge on any atom is 0.203 e. The molecule has 0 saturated heterocycles. The van der Waals surface area contributed by atoms with Crippen molar-refractivity contribution in [2.24, 2.45) is 4.99 Å². The van der Waals surface area contributed by atoms with Crippen LogP contribution in [-0.2, 0) is 13.1 Å². The molecule has 0 aliphatic rings. The van der Waals surface area contributed by atoms with E-state index in [1.165, 1.54) is 0 Å². The first-order chi connectivity index (χ1) is 13.2. The normalized spacial score (nSPS) is 11.2. The molecule has 0 saturated carbocycles. The van der Waals surface area contributed by atoms with Gasteiger partial charge in [0.25, 0.3) is 0 Å². The number of guanidine groups is 1. The van der Waals surface area contributed by atoms with Crippen LogP contribution in [-0.4, -0.2) is 49.9 Å². The molecule has 0 fully saturated rings. The highest BCUT2D eigenvalue weighted by atomic mass is 16.5. The van der Waals surface area contributed by atoms with Gasteiger partial charge in [0.05, 0.1) is 34.2 Å². The fourth-order valence-electron chi connectivity index (χ4n) is 2.63. The molecule has 0 unspecified atom stereocenters. The van der Waals surface area contributed by atoms with Crippen LogP contribution in [0.1, 0.15) is 18.9 Å². The summed E-state index contributed by atoms with van der Waals surface area (Å²) in [6.45, 7) is 5.07. The molecule has 8 nitrogen and oxygen atoms in total. The van der Waals surface area contributed by atoms with Gasteiger partial charge in [-0.2, -0.15) is 0 Å². The summed E-state index contributed by atoms with van der Waals surface area (Å²) in [6, 6.07) is 3.82. The number of imidazole rings is 1. The van der Waals surface area contributed by atoms with Crippen molar-refractivity contribution in [3.8, 4) is 17.2 Å². The minimum absolute atomic E-state index is 0.494. The van der Waals surface area contributed by atoms with Gasteiger partial charge in [-0.25, -0.2) is 9.98 Å². The van der Waals surface area contributed by atoms with E-state index >= 15 is 0 Å². The fraction of sp³-hybridized carbons (Fsp3) is 0.474. The summed E-state index contributed by atoms with van der Waals surface area (Å²) in [6.07, 6.45) is 6.55. The van der Waals surface area contributed by atoms with Crippen LogP contribution in [0.15, 0.2) is 35.8 Å². The summed E-state index contributed by atoms with van der Waals surface area (Å²) in [5.41, 5.74) is 0.972. The number of aryl methyl sites for hydroxylation is 1. The number of nitrogens with one attached hydrogen (secondary N) is 2. The summed E-state index contributed by atoms with van der Waals surface area (Å²) in [7, 11) is 4.81. The number of ether oxygens (including phenoxy) is 3. The Hall–Kier alpha value is -2.90. The summed E-state index contributed by atoms with van der Waals surface area (Å²) in [4.78, 5) is 8.69. The third-order valence-electron chi connectivity index (χ3n) is 3.93. The number of benzene rings is 1. The van der Waals surface area contributed by atoms with Gasteiger partial charge in [0.2, 0.25) is 5.75 Å². The molecule has 1 aromatic heterocycles. The molecular formula is C19H29N5O3. The average Bonchev–Trinajstić information content (AvgIpc) is 3.21. The van der Waals surface area contributed by atoms with E-state index in [4.69, 9.17) is 14.2 Å². The van der Waals surface area contributed by atoms with Crippen molar-refractivity contribution in [1.29, 1.82) is 0 Å². The van der Waals surface area contributed by atoms with Crippen LogP contribution in [0.4, 0.5) is 0 Å². The number of aromatic nitrogens is 2. The van der Waals surface area contributed by atoms with Crippen molar-refractivity contribution in [2.45, 2.75) is 26.4 Å². The monoisotopic (exact) mass is 375 g/mol. The average molecular weight is 375 g/mol. The second kappa shape index (κ2) is 10.9. The molecule has 0 aliphatic carbocycles. The predicted molar refractivity (Wildman–Crippen MR) is 106 cm³/mol. The van der Waals surface area contributed by atoms with Crippen LogP contribution in [0.3, 0.4) is 0 Å². The van der Waals surface area contributed by atoms with Gasteiger partial charge >= 0.3 is 0 Å². The van der Waals surface area contributed by atoms with Crippen molar-refractivity contribution >= 4 is 5.96 Å². The quantitative estimate of drug-likeness (QED) is 0.376. The van der Waals surface area contributed by atoms with E-state index in [0.717, 1.165) is 37.6 Å². The van der Waals surface area contributed by atoms with E-state index in [1.807, 2.05) is 31.6 Å². The van der Waals surface area contributed by atoms with Crippen LogP contribution in [0.25, 0.3) is 0 Å². The van der Waals surface area contributed by atoms with E-state index in [0.29, 0.717) is 23.8 Å². The highest BCUT2D eigenvalue weighted by Gasteiger charge is 2.13. The maximum absolute atomic E-state index is 5.40. The van der Waals surface area contributed by atoms with Gasteiger partial charge in [-0.05, 0) is 31.0 Å². The highest BCUT2D eigenvalue weighted by molar-refractivity contribution is 5.79. The number of aliphatic imine (C=N–C) groups is 1. The van der Waals surface area contributed by atoms with Crippen LogP contribution in [0, 0.1) is 0 Å². The van der Waals surface area contributed by atoms with Crippen molar-refractivity contribution in [3.63, 3.8) is 0 Å². The molecule has 2 rings (SSSR count). The topological polar surface area (TPSA) is 81.9 Å². The Morgan fingerprint density at radius 2 is 1.85 bits per heavy atom. The first kappa shape index (κ1) is 20.4. The Kier molecular flexibility index (Phi) is 8.28. The van der Waals surface area contributed by atoms with E-state index in [9.17, 15) is 0 Å². The summed E-state index contributed by atoms with van der Waals surface area (Å²) >= 11 is 0. The van der Waals surface area contributed by atoms with Crippen molar-refractivity contribution in [2.75, 3.05) is 34.4 Å². The number of nitrogens with zero attached hydrogens (tertiary/aromatic N) is 3. The molecule has 148 valence electrons. The zero-order valence-corrected chi connectivity index (χ0v) is 16.5. The predicted octanol–water partition coefficient (Wildman–Crippen LogP) is 2.05. The Labute approximate surface area is 160 Å². The van der Waals surface area contributed by atoms with Gasteiger partial charge in [0.15, 0.2) is 17.5 Å². The smallest absolute Gasteiger partial charge is 0.203 e. The maximum atomic E-state index is 5.40. The van der Waals surface area contributed by atoms with Crippen molar-refractivity contribution in [3.05, 3.63) is 36.4 Å². The lowest BCUT2D eigenvalue weighted by Crippen LogP contribution is -2.38. The first-order valence-electron chi connectivity index (χ1n) is 8.98. The Bertz CT molecular complexity index is 691. The molecule has 0 amide bonds. The van der Waals surface area contributed by atoms with Crippen LogP contribution in [0.5, 0.6) is 17.2 Å². The molecule has 0 bridgehead atoms. The van der Waals surface area contributed by atoms with Crippen LogP contribution < -0.4 is 24.8 Å². The molecule has 2 aromatic rings. The molecule has 27 heavy (non-hydrogen) atoms. The second-order valence-electron chi connectivity index (χ2n) is 5.81. The van der Waals surface area contributed by atoms with E-state index < -0.39 is 0 Å². The molecular weight excluding hydrogens is 346 g/mol. The number of methoxy groups -OCH3 is 3. The third-order valence-corrected chi connectivity index (χ3v) is 3.93. The van der Waals surface area contributed by atoms with Crippen LogP contribution in [0.2, 0.25) is 0 Å². The third kappa shape index (κ3) is 6.09. The minimum Gasteiger partial charge on any atom is -0.493 e. The summed E-state index contributed by atoms with van der Waals surface area (Å²) < 4.78 is 18.2. The van der Waals surface area contributed by atoms with E-state index in [1.54, 1.807) is 27.5 Å². The second-order valence-corrected chi connectivity index (χ2v) is 5.81. The lowest BCUT2D eigenvalue weighted by molar-refractivity contribution is 0.324. The van der Waals surface area contributed by atoms with Gasteiger partial charge in [0.1, 0.15) is 0 Å².